The van der Waals surface area contributed by atoms with Crippen molar-refractivity contribution in [2.45, 2.75) is 64.0 Å². The number of carbonyl (C=O) groups excluding carboxylic acids is 3. The molecule has 1 saturated carbocycles. The molecule has 182 valence electrons. The van der Waals surface area contributed by atoms with Crippen LogP contribution in [0.3, 0.4) is 0 Å². The highest BCUT2D eigenvalue weighted by atomic mass is 35.5. The maximum atomic E-state index is 13.4. The first-order valence-electron chi connectivity index (χ1n) is 12.1. The van der Waals surface area contributed by atoms with Crippen LogP contribution in [0.1, 0.15) is 74.3 Å². The summed E-state index contributed by atoms with van der Waals surface area (Å²) in [5, 5.41) is 6.41. The second-order valence-electron chi connectivity index (χ2n) is 8.79. The Morgan fingerprint density at radius 1 is 0.941 bits per heavy atom. The van der Waals surface area contributed by atoms with Crippen molar-refractivity contribution < 1.29 is 14.4 Å². The quantitative estimate of drug-likeness (QED) is 0.533. The van der Waals surface area contributed by atoms with Crippen LogP contribution < -0.4 is 10.6 Å². The van der Waals surface area contributed by atoms with E-state index in [0.29, 0.717) is 36.5 Å². The molecule has 3 rings (SSSR count). The van der Waals surface area contributed by atoms with Gasteiger partial charge in [0.25, 0.3) is 5.91 Å². The second-order valence-corrected chi connectivity index (χ2v) is 9.20. The lowest BCUT2D eigenvalue weighted by Gasteiger charge is -2.40. The first-order chi connectivity index (χ1) is 16.4. The minimum absolute atomic E-state index is 0.0121. The van der Waals surface area contributed by atoms with E-state index in [4.69, 9.17) is 11.6 Å². The molecule has 34 heavy (non-hydrogen) atoms. The van der Waals surface area contributed by atoms with Crippen LogP contribution in [-0.2, 0) is 9.59 Å². The SMILES string of the molecule is CCN(CC)C(=O)C1(NC(=O)C[C@@H](NC(=O)c2ccccc2Cl)c2ccccc2)CCCCC1. The van der Waals surface area contributed by atoms with Crippen LogP contribution in [0.5, 0.6) is 0 Å². The molecule has 0 radical (unpaired) electrons. The van der Waals surface area contributed by atoms with Gasteiger partial charge in [-0.25, -0.2) is 0 Å². The van der Waals surface area contributed by atoms with E-state index in [0.717, 1.165) is 24.8 Å². The normalized spacial score (nSPS) is 15.7. The van der Waals surface area contributed by atoms with E-state index in [1.165, 1.54) is 0 Å². The zero-order valence-corrected chi connectivity index (χ0v) is 20.7. The number of halogens is 1. The van der Waals surface area contributed by atoms with E-state index in [9.17, 15) is 14.4 Å². The van der Waals surface area contributed by atoms with Crippen molar-refractivity contribution in [1.29, 1.82) is 0 Å². The van der Waals surface area contributed by atoms with Crippen LogP contribution in [0, 0.1) is 0 Å². The summed E-state index contributed by atoms with van der Waals surface area (Å²) in [6, 6.07) is 15.6. The summed E-state index contributed by atoms with van der Waals surface area (Å²) in [7, 11) is 0. The molecule has 6 nitrogen and oxygen atoms in total. The fourth-order valence-corrected chi connectivity index (χ4v) is 4.90. The van der Waals surface area contributed by atoms with Crippen molar-refractivity contribution in [3.63, 3.8) is 0 Å². The third-order valence-corrected chi connectivity index (χ3v) is 6.89. The Morgan fingerprint density at radius 2 is 1.56 bits per heavy atom. The van der Waals surface area contributed by atoms with Crippen molar-refractivity contribution in [3.05, 3.63) is 70.7 Å². The van der Waals surface area contributed by atoms with E-state index in [-0.39, 0.29) is 24.1 Å². The number of benzene rings is 2. The summed E-state index contributed by atoms with van der Waals surface area (Å²) in [5.41, 5.74) is 0.284. The van der Waals surface area contributed by atoms with Crippen molar-refractivity contribution in [1.82, 2.24) is 15.5 Å². The molecule has 0 saturated heterocycles. The van der Waals surface area contributed by atoms with Gasteiger partial charge in [0.15, 0.2) is 0 Å². The van der Waals surface area contributed by atoms with E-state index in [2.05, 4.69) is 10.6 Å². The predicted octanol–water partition coefficient (Wildman–Crippen LogP) is 4.89. The molecule has 0 spiro atoms. The maximum Gasteiger partial charge on any atom is 0.253 e. The molecule has 2 N–H and O–H groups in total. The summed E-state index contributed by atoms with van der Waals surface area (Å²) in [5.74, 6) is -0.614. The zero-order valence-electron chi connectivity index (χ0n) is 20.0. The van der Waals surface area contributed by atoms with Crippen molar-refractivity contribution in [2.75, 3.05) is 13.1 Å². The summed E-state index contributed by atoms with van der Waals surface area (Å²) >= 11 is 6.21. The fourth-order valence-electron chi connectivity index (χ4n) is 4.68. The second kappa shape index (κ2) is 12.0. The van der Waals surface area contributed by atoms with Crippen LogP contribution in [0.15, 0.2) is 54.6 Å². The van der Waals surface area contributed by atoms with Crippen LogP contribution in [0.2, 0.25) is 5.02 Å². The standard InChI is InChI=1S/C27H34ClN3O3/c1-3-31(4-2)26(34)27(17-11-6-12-18-27)30-24(32)19-23(20-13-7-5-8-14-20)29-25(33)21-15-9-10-16-22(21)28/h5,7-10,13-16,23H,3-4,6,11-12,17-19H2,1-2H3,(H,29,33)(H,30,32)/t23-/m1/s1. The third kappa shape index (κ3) is 6.17. The number of hydrogen-bond donors (Lipinski definition) is 2. The number of likely N-dealkylation sites (N-methyl/N-ethyl adjacent to an activating group) is 1. The molecule has 2 aromatic rings. The number of nitrogens with one attached hydrogen (secondary N) is 2. The van der Waals surface area contributed by atoms with Crippen LogP contribution in [0.25, 0.3) is 0 Å². The minimum Gasteiger partial charge on any atom is -0.345 e. The van der Waals surface area contributed by atoms with Gasteiger partial charge in [0.1, 0.15) is 5.54 Å². The van der Waals surface area contributed by atoms with E-state index >= 15 is 0 Å². The van der Waals surface area contributed by atoms with Gasteiger partial charge in [0.05, 0.1) is 23.0 Å². The molecule has 1 atom stereocenters. The van der Waals surface area contributed by atoms with Gasteiger partial charge >= 0.3 is 0 Å². The van der Waals surface area contributed by atoms with Gasteiger partial charge < -0.3 is 15.5 Å². The molecular formula is C27H34ClN3O3. The topological polar surface area (TPSA) is 78.5 Å². The number of amides is 3. The maximum absolute atomic E-state index is 13.4. The molecular weight excluding hydrogens is 450 g/mol. The Balaban J connectivity index is 1.81. The van der Waals surface area contributed by atoms with Crippen molar-refractivity contribution >= 4 is 29.3 Å². The highest BCUT2D eigenvalue weighted by Crippen LogP contribution is 2.31. The van der Waals surface area contributed by atoms with Crippen LogP contribution in [-0.4, -0.2) is 41.2 Å². The highest BCUT2D eigenvalue weighted by Gasteiger charge is 2.43. The smallest absolute Gasteiger partial charge is 0.253 e. The highest BCUT2D eigenvalue weighted by molar-refractivity contribution is 6.33. The van der Waals surface area contributed by atoms with Gasteiger partial charge in [-0.3, -0.25) is 14.4 Å². The molecule has 3 amide bonds. The number of hydrogen-bond acceptors (Lipinski definition) is 3. The van der Waals surface area contributed by atoms with E-state index in [1.54, 1.807) is 29.2 Å². The first-order valence-corrected chi connectivity index (χ1v) is 12.5. The Labute approximate surface area is 207 Å². The van der Waals surface area contributed by atoms with Gasteiger partial charge in [-0.2, -0.15) is 0 Å². The summed E-state index contributed by atoms with van der Waals surface area (Å²) in [6.45, 7) is 5.12. The monoisotopic (exact) mass is 483 g/mol. The average molecular weight is 484 g/mol. The Bertz CT molecular complexity index is 986. The Hall–Kier alpha value is -2.86. The predicted molar refractivity (Wildman–Crippen MR) is 135 cm³/mol. The summed E-state index contributed by atoms with van der Waals surface area (Å²) in [4.78, 5) is 41.5. The van der Waals surface area contributed by atoms with Crippen molar-refractivity contribution in [3.8, 4) is 0 Å². The summed E-state index contributed by atoms with van der Waals surface area (Å²) in [6.07, 6.45) is 4.15. The molecule has 0 heterocycles. The van der Waals surface area contributed by atoms with Gasteiger partial charge in [-0.15, -0.1) is 0 Å². The van der Waals surface area contributed by atoms with Crippen molar-refractivity contribution in [2.24, 2.45) is 0 Å². The summed E-state index contributed by atoms with van der Waals surface area (Å²) < 4.78 is 0. The Morgan fingerprint density at radius 3 is 2.18 bits per heavy atom. The lowest BCUT2D eigenvalue weighted by molar-refractivity contribution is -0.143. The van der Waals surface area contributed by atoms with Crippen LogP contribution in [0.4, 0.5) is 0 Å². The molecule has 1 aliphatic carbocycles. The molecule has 1 fully saturated rings. The van der Waals surface area contributed by atoms with E-state index in [1.807, 2.05) is 44.2 Å². The number of nitrogens with zero attached hydrogens (tertiary/aromatic N) is 1. The molecule has 0 unspecified atom stereocenters. The van der Waals surface area contributed by atoms with Gasteiger partial charge in [-0.05, 0) is 44.4 Å². The number of rotatable bonds is 9. The molecule has 2 aromatic carbocycles. The molecule has 0 bridgehead atoms. The zero-order chi connectivity index (χ0) is 24.6. The molecule has 0 aromatic heterocycles. The van der Waals surface area contributed by atoms with E-state index < -0.39 is 11.6 Å². The molecule has 7 heteroatoms. The number of carbonyl (C=O) groups is 3. The Kier molecular flexibility index (Phi) is 9.11. The minimum atomic E-state index is -0.880. The fraction of sp³-hybridized carbons (Fsp3) is 0.444. The molecule has 1 aliphatic rings. The first kappa shape index (κ1) is 25.8. The largest absolute Gasteiger partial charge is 0.345 e. The average Bonchev–Trinajstić information content (AvgIpc) is 2.85. The lowest BCUT2D eigenvalue weighted by Crippen LogP contribution is -2.60. The van der Waals surface area contributed by atoms with Crippen LogP contribution >= 0.6 is 11.6 Å². The lowest BCUT2D eigenvalue weighted by atomic mass is 9.80. The van der Waals surface area contributed by atoms with Gasteiger partial charge in [-0.1, -0.05) is 73.3 Å². The van der Waals surface area contributed by atoms with Gasteiger partial charge in [0.2, 0.25) is 11.8 Å². The van der Waals surface area contributed by atoms with Gasteiger partial charge in [0, 0.05) is 13.1 Å². The third-order valence-electron chi connectivity index (χ3n) is 6.56. The molecule has 0 aliphatic heterocycles.